The van der Waals surface area contributed by atoms with E-state index in [-0.39, 0.29) is 17.9 Å². The second kappa shape index (κ2) is 6.44. The number of β-lactam (4-membered cyclic amide) rings is 1. The minimum absolute atomic E-state index is 0.0589. The highest BCUT2D eigenvalue weighted by Gasteiger charge is 2.59. The molecular formula is C16H23NO7S. The molecule has 0 aromatic carbocycles. The first-order chi connectivity index (χ1) is 11.4. The van der Waals surface area contributed by atoms with Gasteiger partial charge in [-0.1, -0.05) is 6.92 Å². The number of nitrogens with zero attached hydrogens (tertiary/aromatic N) is 1. The van der Waals surface area contributed by atoms with E-state index in [4.69, 9.17) is 9.47 Å². The smallest absolute Gasteiger partial charge is 0.355 e. The Morgan fingerprint density at radius 1 is 1.28 bits per heavy atom. The lowest BCUT2D eigenvalue weighted by molar-refractivity contribution is -0.161. The average Bonchev–Trinajstić information content (AvgIpc) is 2.43. The van der Waals surface area contributed by atoms with Gasteiger partial charge in [-0.2, -0.15) is 0 Å². The molecule has 2 heterocycles. The van der Waals surface area contributed by atoms with E-state index >= 15 is 0 Å². The maximum absolute atomic E-state index is 12.6. The second-order valence-electron chi connectivity index (χ2n) is 7.16. The normalized spacial score (nSPS) is 25.2. The predicted molar refractivity (Wildman–Crippen MR) is 87.7 cm³/mol. The Hall–Kier alpha value is -1.90. The highest BCUT2D eigenvalue weighted by atomic mass is 32.2. The summed E-state index contributed by atoms with van der Waals surface area (Å²) in [7, 11) is -3.68. The molecule has 0 aromatic rings. The Labute approximate surface area is 147 Å². The van der Waals surface area contributed by atoms with E-state index < -0.39 is 50.3 Å². The van der Waals surface area contributed by atoms with Crippen molar-refractivity contribution in [2.45, 2.75) is 52.0 Å². The van der Waals surface area contributed by atoms with Gasteiger partial charge in [0.15, 0.2) is 15.2 Å². The summed E-state index contributed by atoms with van der Waals surface area (Å²) in [5.41, 5.74) is -0.880. The van der Waals surface area contributed by atoms with Crippen LogP contribution in [0.5, 0.6) is 0 Å². The Morgan fingerprint density at radius 2 is 1.88 bits per heavy atom. The quantitative estimate of drug-likeness (QED) is 0.529. The summed E-state index contributed by atoms with van der Waals surface area (Å²) in [4.78, 5) is 37.1. The number of fused-ring (bicyclic) bond motifs is 1. The molecule has 140 valence electrons. The van der Waals surface area contributed by atoms with Crippen LogP contribution in [0, 0.1) is 5.92 Å². The lowest BCUT2D eigenvalue weighted by atomic mass is 9.93. The summed E-state index contributed by atoms with van der Waals surface area (Å²) >= 11 is 0. The molecule has 0 radical (unpaired) electrons. The van der Waals surface area contributed by atoms with Crippen LogP contribution in [0.25, 0.3) is 0 Å². The summed E-state index contributed by atoms with van der Waals surface area (Å²) in [6.07, 6.45) is 0.361. The number of esters is 2. The van der Waals surface area contributed by atoms with Crippen LogP contribution >= 0.6 is 0 Å². The van der Waals surface area contributed by atoms with Gasteiger partial charge in [-0.25, -0.2) is 13.2 Å². The van der Waals surface area contributed by atoms with Crippen molar-refractivity contribution in [1.29, 1.82) is 0 Å². The molecule has 1 amide bonds. The highest BCUT2D eigenvalue weighted by molar-refractivity contribution is 7.92. The third kappa shape index (κ3) is 3.70. The average molecular weight is 373 g/mol. The zero-order valence-corrected chi connectivity index (χ0v) is 15.8. The molecule has 0 aliphatic carbocycles. The number of hydrogen-bond donors (Lipinski definition) is 0. The molecular weight excluding hydrogens is 350 g/mol. The van der Waals surface area contributed by atoms with E-state index in [0.29, 0.717) is 6.42 Å². The number of carbonyl (C=O) groups is 3. The minimum Gasteiger partial charge on any atom is -0.461 e. The Morgan fingerprint density at radius 3 is 2.36 bits per heavy atom. The van der Waals surface area contributed by atoms with Crippen molar-refractivity contribution in [3.8, 4) is 0 Å². The summed E-state index contributed by atoms with van der Waals surface area (Å²) < 4.78 is 35.3. The molecule has 2 atom stereocenters. The Kier molecular flexibility index (Phi) is 5.00. The third-order valence-electron chi connectivity index (χ3n) is 3.95. The van der Waals surface area contributed by atoms with E-state index in [1.807, 2.05) is 0 Å². The Bertz CT molecular complexity index is 745. The number of carbonyl (C=O) groups excluding carboxylic acids is 3. The molecule has 0 unspecified atom stereocenters. The van der Waals surface area contributed by atoms with Crippen LogP contribution in [0.2, 0.25) is 0 Å². The first kappa shape index (κ1) is 19.4. The molecule has 2 aliphatic heterocycles. The first-order valence-electron chi connectivity index (χ1n) is 8.02. The van der Waals surface area contributed by atoms with Gasteiger partial charge in [-0.3, -0.25) is 14.5 Å². The van der Waals surface area contributed by atoms with Gasteiger partial charge in [0.1, 0.15) is 17.9 Å². The van der Waals surface area contributed by atoms with Gasteiger partial charge in [0.05, 0.1) is 11.7 Å². The third-order valence-corrected chi connectivity index (χ3v) is 5.98. The van der Waals surface area contributed by atoms with Crippen LogP contribution in [0.4, 0.5) is 0 Å². The summed E-state index contributed by atoms with van der Waals surface area (Å²) in [6.45, 7) is 7.52. The van der Waals surface area contributed by atoms with Crippen LogP contribution in [0.15, 0.2) is 11.3 Å². The van der Waals surface area contributed by atoms with E-state index in [0.717, 1.165) is 4.90 Å². The lowest BCUT2D eigenvalue weighted by Crippen LogP contribution is -2.67. The topological polar surface area (TPSA) is 107 Å². The predicted octanol–water partition coefficient (Wildman–Crippen LogP) is 0.768. The van der Waals surface area contributed by atoms with Gasteiger partial charge in [-0.05, 0) is 27.2 Å². The van der Waals surface area contributed by atoms with E-state index in [2.05, 4.69) is 0 Å². The van der Waals surface area contributed by atoms with Crippen molar-refractivity contribution >= 4 is 27.7 Å². The number of ether oxygens (including phenoxy) is 2. The van der Waals surface area contributed by atoms with Crippen molar-refractivity contribution in [3.63, 3.8) is 0 Å². The van der Waals surface area contributed by atoms with Gasteiger partial charge in [-0.15, -0.1) is 0 Å². The zero-order chi connectivity index (χ0) is 19.2. The van der Waals surface area contributed by atoms with Crippen LogP contribution in [-0.4, -0.2) is 54.5 Å². The Balaban J connectivity index is 2.49. The van der Waals surface area contributed by atoms with Gasteiger partial charge in [0.25, 0.3) is 0 Å². The van der Waals surface area contributed by atoms with Crippen LogP contribution in [0.3, 0.4) is 0 Å². The van der Waals surface area contributed by atoms with Gasteiger partial charge >= 0.3 is 11.9 Å². The van der Waals surface area contributed by atoms with Crippen LogP contribution in [-0.2, 0) is 33.7 Å². The van der Waals surface area contributed by atoms with Gasteiger partial charge in [0, 0.05) is 12.5 Å². The molecule has 2 rings (SSSR count). The van der Waals surface area contributed by atoms with Gasteiger partial charge < -0.3 is 9.47 Å². The van der Waals surface area contributed by atoms with Crippen LogP contribution in [0.1, 0.15) is 41.0 Å². The molecule has 1 fully saturated rings. The summed E-state index contributed by atoms with van der Waals surface area (Å²) in [5, 5.41) is -1.06. The van der Waals surface area contributed by atoms with Crippen LogP contribution < -0.4 is 0 Å². The monoisotopic (exact) mass is 373 g/mol. The molecule has 0 N–H and O–H groups in total. The highest BCUT2D eigenvalue weighted by Crippen LogP contribution is 2.42. The van der Waals surface area contributed by atoms with E-state index in [1.165, 1.54) is 6.92 Å². The molecule has 0 bridgehead atoms. The van der Waals surface area contributed by atoms with Gasteiger partial charge in [0.2, 0.25) is 5.91 Å². The van der Waals surface area contributed by atoms with Crippen molar-refractivity contribution in [2.24, 2.45) is 5.92 Å². The number of hydrogen-bond acceptors (Lipinski definition) is 7. The fraction of sp³-hybridized carbons (Fsp3) is 0.688. The van der Waals surface area contributed by atoms with E-state index in [1.54, 1.807) is 27.7 Å². The number of amides is 1. The first-order valence-corrected chi connectivity index (χ1v) is 9.74. The SMILES string of the molecule is CC[C@H]1C(=O)N2C(C(=O)OC(C)(C)C)=C(COC(C)=O)CS(=O)(=O)[C@H]12. The molecule has 9 heteroatoms. The maximum atomic E-state index is 12.6. The summed E-state index contributed by atoms with van der Waals surface area (Å²) in [6, 6.07) is 0. The molecule has 8 nitrogen and oxygen atoms in total. The molecule has 0 aromatic heterocycles. The lowest BCUT2D eigenvalue weighted by Gasteiger charge is -2.49. The molecule has 1 saturated heterocycles. The molecule has 0 saturated carbocycles. The fourth-order valence-corrected chi connectivity index (χ4v) is 5.20. The maximum Gasteiger partial charge on any atom is 0.355 e. The molecule has 2 aliphatic rings. The van der Waals surface area contributed by atoms with Crippen molar-refractivity contribution in [2.75, 3.05) is 12.4 Å². The van der Waals surface area contributed by atoms with E-state index in [9.17, 15) is 22.8 Å². The van der Waals surface area contributed by atoms with Crippen molar-refractivity contribution in [3.05, 3.63) is 11.3 Å². The second-order valence-corrected chi connectivity index (χ2v) is 9.25. The van der Waals surface area contributed by atoms with Crippen molar-refractivity contribution in [1.82, 2.24) is 4.90 Å². The molecule has 0 spiro atoms. The number of rotatable bonds is 4. The largest absolute Gasteiger partial charge is 0.461 e. The molecule has 25 heavy (non-hydrogen) atoms. The van der Waals surface area contributed by atoms with Crippen molar-refractivity contribution < 1.29 is 32.3 Å². The minimum atomic E-state index is -3.68. The summed E-state index contributed by atoms with van der Waals surface area (Å²) in [5.74, 6) is -2.95. The standard InChI is InChI=1S/C16H23NO7S/c1-6-11-13(19)17-12(15(20)24-16(3,4)5)10(7-23-9(2)18)8-25(21,22)14(11)17/h11,14H,6-8H2,1-5H3/t11-,14+/m0/s1. The zero-order valence-electron chi connectivity index (χ0n) is 15.0. The number of sulfone groups is 1. The fourth-order valence-electron chi connectivity index (χ4n) is 2.98.